The Morgan fingerprint density at radius 1 is 1.21 bits per heavy atom. The molecule has 0 aliphatic rings. The van der Waals surface area contributed by atoms with Gasteiger partial charge in [0.2, 0.25) is 0 Å². The van der Waals surface area contributed by atoms with Gasteiger partial charge in [0.25, 0.3) is 0 Å². The highest BCUT2D eigenvalue weighted by Gasteiger charge is 2.09. The fraction of sp³-hybridized carbons (Fsp3) is 0.143. The Balaban J connectivity index is 2.10. The zero-order valence-corrected chi connectivity index (χ0v) is 11.8. The van der Waals surface area contributed by atoms with Crippen LogP contribution >= 0.6 is 23.2 Å². The van der Waals surface area contributed by atoms with Crippen LogP contribution < -0.4 is 0 Å². The van der Waals surface area contributed by atoms with E-state index >= 15 is 0 Å². The number of aryl methyl sites for hydroxylation is 1. The van der Waals surface area contributed by atoms with E-state index in [1.165, 1.54) is 0 Å². The molecular weight excluding hydrogens is 281 g/mol. The molecule has 19 heavy (non-hydrogen) atoms. The van der Waals surface area contributed by atoms with Crippen molar-refractivity contribution < 1.29 is 0 Å². The number of hydrogen-bond acceptors (Lipinski definition) is 2. The van der Waals surface area contributed by atoms with Crippen molar-refractivity contribution in [3.8, 4) is 0 Å². The Hall–Kier alpha value is -1.58. The molecule has 0 bridgehead atoms. The fourth-order valence-electron chi connectivity index (χ4n) is 2.12. The third-order valence-electron chi connectivity index (χ3n) is 3.08. The second-order valence-electron chi connectivity index (χ2n) is 4.35. The van der Waals surface area contributed by atoms with Crippen molar-refractivity contribution in [3.05, 3.63) is 58.1 Å². The number of imidazole rings is 1. The summed E-state index contributed by atoms with van der Waals surface area (Å²) in [5.41, 5.74) is 2.90. The minimum Gasteiger partial charge on any atom is -0.322 e. The highest BCUT2D eigenvalue weighted by atomic mass is 35.5. The Morgan fingerprint density at radius 2 is 2.05 bits per heavy atom. The molecular formula is C14H11Cl2N3. The number of benzene rings is 1. The van der Waals surface area contributed by atoms with Crippen molar-refractivity contribution in [1.82, 2.24) is 14.5 Å². The maximum absolute atomic E-state index is 6.21. The van der Waals surface area contributed by atoms with Crippen molar-refractivity contribution in [2.75, 3.05) is 0 Å². The molecule has 2 heterocycles. The van der Waals surface area contributed by atoms with Gasteiger partial charge in [-0.1, -0.05) is 23.2 Å². The van der Waals surface area contributed by atoms with Crippen molar-refractivity contribution in [3.63, 3.8) is 0 Å². The number of nitrogens with zero attached hydrogens (tertiary/aromatic N) is 3. The molecule has 1 aromatic carbocycles. The van der Waals surface area contributed by atoms with E-state index in [1.54, 1.807) is 12.3 Å². The van der Waals surface area contributed by atoms with Crippen LogP contribution in [0.4, 0.5) is 0 Å². The van der Waals surface area contributed by atoms with E-state index in [2.05, 4.69) is 14.5 Å². The zero-order valence-electron chi connectivity index (χ0n) is 10.3. The molecule has 3 nitrogen and oxygen atoms in total. The van der Waals surface area contributed by atoms with Crippen LogP contribution in [-0.2, 0) is 6.54 Å². The molecule has 0 amide bonds. The predicted molar refractivity (Wildman–Crippen MR) is 77.8 cm³/mol. The van der Waals surface area contributed by atoms with E-state index in [9.17, 15) is 0 Å². The van der Waals surface area contributed by atoms with Crippen LogP contribution in [0, 0.1) is 6.92 Å². The van der Waals surface area contributed by atoms with Gasteiger partial charge in [-0.05, 0) is 36.8 Å². The molecule has 0 fully saturated rings. The minimum absolute atomic E-state index is 0.632. The summed E-state index contributed by atoms with van der Waals surface area (Å²) in [7, 11) is 0. The summed E-state index contributed by atoms with van der Waals surface area (Å²) in [4.78, 5) is 8.66. The van der Waals surface area contributed by atoms with Gasteiger partial charge in [-0.15, -0.1) is 0 Å². The summed E-state index contributed by atoms with van der Waals surface area (Å²) in [5, 5.41) is 1.38. The van der Waals surface area contributed by atoms with Crippen molar-refractivity contribution >= 4 is 34.2 Å². The molecule has 3 aromatic rings. The molecule has 3 rings (SSSR count). The number of aromatic nitrogens is 3. The molecule has 0 saturated heterocycles. The van der Waals surface area contributed by atoms with Gasteiger partial charge in [0.1, 0.15) is 5.82 Å². The van der Waals surface area contributed by atoms with Crippen LogP contribution in [0.5, 0.6) is 0 Å². The molecule has 96 valence electrons. The smallest absolute Gasteiger partial charge is 0.107 e. The Kier molecular flexibility index (Phi) is 3.17. The van der Waals surface area contributed by atoms with Gasteiger partial charge >= 0.3 is 0 Å². The molecule has 0 atom stereocenters. The van der Waals surface area contributed by atoms with Gasteiger partial charge in [0.05, 0.1) is 23.8 Å². The summed E-state index contributed by atoms with van der Waals surface area (Å²) in [6.07, 6.45) is 3.55. The molecule has 0 unspecified atom stereocenters. The minimum atomic E-state index is 0.632. The van der Waals surface area contributed by atoms with E-state index in [-0.39, 0.29) is 0 Å². The molecule has 0 spiro atoms. The summed E-state index contributed by atoms with van der Waals surface area (Å²) >= 11 is 12.2. The molecule has 0 aliphatic carbocycles. The first-order valence-electron chi connectivity index (χ1n) is 5.86. The summed E-state index contributed by atoms with van der Waals surface area (Å²) in [6.45, 7) is 2.60. The van der Waals surface area contributed by atoms with Gasteiger partial charge in [-0.2, -0.15) is 0 Å². The van der Waals surface area contributed by atoms with Crippen molar-refractivity contribution in [1.29, 1.82) is 0 Å². The number of fused-ring (bicyclic) bond motifs is 1. The van der Waals surface area contributed by atoms with Gasteiger partial charge < -0.3 is 4.57 Å². The topological polar surface area (TPSA) is 30.7 Å². The Labute approximate surface area is 120 Å². The molecule has 2 aromatic heterocycles. The quantitative estimate of drug-likeness (QED) is 0.712. The molecule has 0 N–H and O–H groups in total. The number of rotatable bonds is 2. The van der Waals surface area contributed by atoms with Gasteiger partial charge in [0.15, 0.2) is 0 Å². The van der Waals surface area contributed by atoms with Crippen LogP contribution in [-0.4, -0.2) is 14.5 Å². The highest BCUT2D eigenvalue weighted by molar-refractivity contribution is 6.33. The van der Waals surface area contributed by atoms with Crippen LogP contribution in [0.15, 0.2) is 36.7 Å². The van der Waals surface area contributed by atoms with E-state index in [4.69, 9.17) is 23.2 Å². The largest absolute Gasteiger partial charge is 0.322 e. The third-order valence-corrected chi connectivity index (χ3v) is 3.68. The lowest BCUT2D eigenvalue weighted by atomic mass is 10.2. The van der Waals surface area contributed by atoms with Crippen LogP contribution in [0.2, 0.25) is 10.0 Å². The van der Waals surface area contributed by atoms with Gasteiger partial charge in [-0.3, -0.25) is 4.98 Å². The predicted octanol–water partition coefficient (Wildman–Crippen LogP) is 4.09. The number of hydrogen-bond donors (Lipinski definition) is 0. The summed E-state index contributed by atoms with van der Waals surface area (Å²) in [5.74, 6) is 0.930. The Morgan fingerprint density at radius 3 is 2.89 bits per heavy atom. The molecule has 0 aliphatic heterocycles. The van der Waals surface area contributed by atoms with Crippen LogP contribution in [0.3, 0.4) is 0 Å². The monoisotopic (exact) mass is 291 g/mol. The first-order chi connectivity index (χ1) is 9.15. The van der Waals surface area contributed by atoms with E-state index in [1.807, 2.05) is 31.3 Å². The van der Waals surface area contributed by atoms with E-state index in [0.717, 1.165) is 22.4 Å². The van der Waals surface area contributed by atoms with Gasteiger partial charge in [0, 0.05) is 16.2 Å². The average molecular weight is 292 g/mol. The summed E-state index contributed by atoms with van der Waals surface area (Å²) in [6, 6.07) is 7.38. The first-order valence-corrected chi connectivity index (χ1v) is 6.61. The molecule has 0 saturated carbocycles. The van der Waals surface area contributed by atoms with E-state index in [0.29, 0.717) is 16.6 Å². The standard InChI is InChI=1S/C14H11Cl2N3/c1-9-18-13-4-5-17-7-14(13)19(9)8-10-6-11(15)2-3-12(10)16/h2-7H,8H2,1H3. The number of halogens is 2. The van der Waals surface area contributed by atoms with E-state index < -0.39 is 0 Å². The maximum atomic E-state index is 6.21. The van der Waals surface area contributed by atoms with Crippen LogP contribution in [0.1, 0.15) is 11.4 Å². The van der Waals surface area contributed by atoms with Crippen molar-refractivity contribution in [2.24, 2.45) is 0 Å². The fourth-order valence-corrected chi connectivity index (χ4v) is 2.50. The number of pyridine rings is 1. The highest BCUT2D eigenvalue weighted by Crippen LogP contribution is 2.24. The maximum Gasteiger partial charge on any atom is 0.107 e. The Bertz CT molecular complexity index is 750. The van der Waals surface area contributed by atoms with Crippen LogP contribution in [0.25, 0.3) is 11.0 Å². The normalized spacial score (nSPS) is 11.1. The lowest BCUT2D eigenvalue weighted by Gasteiger charge is -2.09. The first kappa shape index (κ1) is 12.5. The van der Waals surface area contributed by atoms with Gasteiger partial charge in [-0.25, -0.2) is 4.98 Å². The molecule has 0 radical (unpaired) electrons. The summed E-state index contributed by atoms with van der Waals surface area (Å²) < 4.78 is 2.08. The second kappa shape index (κ2) is 4.83. The second-order valence-corrected chi connectivity index (χ2v) is 5.19. The third kappa shape index (κ3) is 2.31. The zero-order chi connectivity index (χ0) is 13.4. The van der Waals surface area contributed by atoms with Crippen molar-refractivity contribution in [2.45, 2.75) is 13.5 Å². The lowest BCUT2D eigenvalue weighted by molar-refractivity contribution is 0.785. The average Bonchev–Trinajstić information content (AvgIpc) is 2.71. The SMILES string of the molecule is Cc1nc2ccncc2n1Cc1cc(Cl)ccc1Cl. The molecule has 5 heteroatoms. The lowest BCUT2D eigenvalue weighted by Crippen LogP contribution is -2.02.